The summed E-state index contributed by atoms with van der Waals surface area (Å²) >= 11 is 1.27. The van der Waals surface area contributed by atoms with E-state index in [-0.39, 0.29) is 4.87 Å². The van der Waals surface area contributed by atoms with E-state index in [0.29, 0.717) is 11.5 Å². The Morgan fingerprint density at radius 1 is 1.36 bits per heavy atom. The maximum absolute atomic E-state index is 12.2. The molecule has 0 radical (unpaired) electrons. The van der Waals surface area contributed by atoms with Crippen molar-refractivity contribution in [2.24, 2.45) is 5.92 Å². The zero-order valence-corrected chi connectivity index (χ0v) is 12.6. The van der Waals surface area contributed by atoms with Gasteiger partial charge in [0.25, 0.3) is 0 Å². The van der Waals surface area contributed by atoms with E-state index in [9.17, 15) is 10.1 Å². The van der Waals surface area contributed by atoms with Crippen molar-refractivity contribution in [3.63, 3.8) is 0 Å². The summed E-state index contributed by atoms with van der Waals surface area (Å²) in [5.74, 6) is 0.665. The molecule has 0 bridgehead atoms. The molecule has 4 rings (SSSR count). The highest BCUT2D eigenvalue weighted by molar-refractivity contribution is 7.16. The molecule has 0 N–H and O–H groups in total. The molecule has 0 unspecified atom stereocenters. The standard InChI is InChI=1S/C17H13N3OS/c18-8-13-5-6-19-9-14(13)12-3-4-15-16(7-12)22-17(21)20(15)10-11-1-2-11/h3-7,9,11H,1-2,10H2. The predicted octanol–water partition coefficient (Wildman–Crippen LogP) is 3.41. The van der Waals surface area contributed by atoms with Crippen LogP contribution in [0.4, 0.5) is 0 Å². The highest BCUT2D eigenvalue weighted by atomic mass is 32.1. The zero-order chi connectivity index (χ0) is 15.1. The van der Waals surface area contributed by atoms with Gasteiger partial charge in [-0.1, -0.05) is 17.4 Å². The van der Waals surface area contributed by atoms with Gasteiger partial charge in [-0.2, -0.15) is 5.26 Å². The first-order valence-electron chi connectivity index (χ1n) is 7.24. The Morgan fingerprint density at radius 3 is 3.00 bits per heavy atom. The van der Waals surface area contributed by atoms with Crippen LogP contribution in [0.1, 0.15) is 18.4 Å². The summed E-state index contributed by atoms with van der Waals surface area (Å²) < 4.78 is 2.85. The lowest BCUT2D eigenvalue weighted by Crippen LogP contribution is -2.13. The summed E-state index contributed by atoms with van der Waals surface area (Å²) in [6, 6.07) is 9.84. The third-order valence-electron chi connectivity index (χ3n) is 4.06. The fourth-order valence-electron chi connectivity index (χ4n) is 2.69. The van der Waals surface area contributed by atoms with Gasteiger partial charge in [0.2, 0.25) is 0 Å². The minimum absolute atomic E-state index is 0.103. The minimum atomic E-state index is 0.103. The number of thiazole rings is 1. The van der Waals surface area contributed by atoms with Gasteiger partial charge < -0.3 is 0 Å². The van der Waals surface area contributed by atoms with Crippen LogP contribution in [0.25, 0.3) is 21.3 Å². The lowest BCUT2D eigenvalue weighted by atomic mass is 10.0. The summed E-state index contributed by atoms with van der Waals surface area (Å²) in [6.45, 7) is 0.828. The fraction of sp³-hybridized carbons (Fsp3) is 0.235. The summed E-state index contributed by atoms with van der Waals surface area (Å²) in [6.07, 6.45) is 5.76. The molecule has 1 saturated carbocycles. The van der Waals surface area contributed by atoms with Gasteiger partial charge in [0.05, 0.1) is 21.8 Å². The molecular weight excluding hydrogens is 294 g/mol. The maximum Gasteiger partial charge on any atom is 0.308 e. The third-order valence-corrected chi connectivity index (χ3v) is 5.00. The Bertz CT molecular complexity index is 960. The summed E-state index contributed by atoms with van der Waals surface area (Å²) in [4.78, 5) is 16.4. The van der Waals surface area contributed by atoms with Crippen LogP contribution >= 0.6 is 11.3 Å². The Morgan fingerprint density at radius 2 is 2.23 bits per heavy atom. The van der Waals surface area contributed by atoms with Crippen LogP contribution in [0.5, 0.6) is 0 Å². The van der Waals surface area contributed by atoms with Crippen LogP contribution in [0.2, 0.25) is 0 Å². The van der Waals surface area contributed by atoms with E-state index in [4.69, 9.17) is 0 Å². The number of nitriles is 1. The smallest absolute Gasteiger partial charge is 0.298 e. The van der Waals surface area contributed by atoms with Gasteiger partial charge >= 0.3 is 4.87 Å². The summed E-state index contributed by atoms with van der Waals surface area (Å²) in [5.41, 5.74) is 3.32. The van der Waals surface area contributed by atoms with Crippen molar-refractivity contribution in [3.8, 4) is 17.2 Å². The van der Waals surface area contributed by atoms with Crippen LogP contribution in [0, 0.1) is 17.2 Å². The van der Waals surface area contributed by atoms with Gasteiger partial charge in [-0.15, -0.1) is 0 Å². The first-order valence-corrected chi connectivity index (χ1v) is 8.06. The van der Waals surface area contributed by atoms with Crippen molar-refractivity contribution < 1.29 is 0 Å². The predicted molar refractivity (Wildman–Crippen MR) is 86.8 cm³/mol. The van der Waals surface area contributed by atoms with Crippen LogP contribution in [0.3, 0.4) is 0 Å². The molecule has 1 fully saturated rings. The number of rotatable bonds is 3. The molecule has 1 aliphatic rings. The molecule has 1 aliphatic carbocycles. The SMILES string of the molecule is N#Cc1ccncc1-c1ccc2c(c1)sc(=O)n2CC1CC1. The van der Waals surface area contributed by atoms with Crippen molar-refractivity contribution in [3.05, 3.63) is 51.9 Å². The lowest BCUT2D eigenvalue weighted by molar-refractivity contribution is 0.637. The maximum atomic E-state index is 12.2. The van der Waals surface area contributed by atoms with Crippen molar-refractivity contribution in [1.82, 2.24) is 9.55 Å². The Balaban J connectivity index is 1.85. The molecule has 0 atom stereocenters. The van der Waals surface area contributed by atoms with E-state index < -0.39 is 0 Å². The van der Waals surface area contributed by atoms with Crippen LogP contribution < -0.4 is 4.87 Å². The van der Waals surface area contributed by atoms with E-state index in [2.05, 4.69) is 11.1 Å². The molecule has 4 nitrogen and oxygen atoms in total. The summed E-state index contributed by atoms with van der Waals surface area (Å²) in [5, 5.41) is 9.22. The molecule has 22 heavy (non-hydrogen) atoms. The first-order chi connectivity index (χ1) is 10.8. The van der Waals surface area contributed by atoms with Gasteiger partial charge in [0.1, 0.15) is 0 Å². The van der Waals surface area contributed by atoms with Crippen LogP contribution in [0.15, 0.2) is 41.5 Å². The van der Waals surface area contributed by atoms with Crippen LogP contribution in [-0.2, 0) is 6.54 Å². The molecule has 0 spiro atoms. The molecule has 1 aromatic carbocycles. The minimum Gasteiger partial charge on any atom is -0.298 e. The number of benzene rings is 1. The number of hydrogen-bond acceptors (Lipinski definition) is 4. The van der Waals surface area contributed by atoms with Crippen molar-refractivity contribution >= 4 is 21.6 Å². The highest BCUT2D eigenvalue weighted by Gasteiger charge is 2.23. The molecule has 3 aromatic rings. The lowest BCUT2D eigenvalue weighted by Gasteiger charge is -2.05. The number of nitrogens with zero attached hydrogens (tertiary/aromatic N) is 3. The third kappa shape index (κ3) is 2.22. The molecule has 5 heteroatoms. The van der Waals surface area contributed by atoms with E-state index in [1.807, 2.05) is 22.8 Å². The van der Waals surface area contributed by atoms with Gasteiger partial charge in [0.15, 0.2) is 0 Å². The van der Waals surface area contributed by atoms with E-state index in [1.54, 1.807) is 18.5 Å². The van der Waals surface area contributed by atoms with Crippen molar-refractivity contribution in [2.45, 2.75) is 19.4 Å². The second-order valence-electron chi connectivity index (χ2n) is 5.64. The van der Waals surface area contributed by atoms with Gasteiger partial charge in [-0.05, 0) is 42.5 Å². The molecule has 0 aliphatic heterocycles. The van der Waals surface area contributed by atoms with E-state index >= 15 is 0 Å². The van der Waals surface area contributed by atoms with Crippen molar-refractivity contribution in [1.29, 1.82) is 5.26 Å². The summed E-state index contributed by atoms with van der Waals surface area (Å²) in [7, 11) is 0. The van der Waals surface area contributed by atoms with E-state index in [1.165, 1.54) is 24.2 Å². The highest BCUT2D eigenvalue weighted by Crippen LogP contribution is 2.33. The Hall–Kier alpha value is -2.45. The molecule has 0 amide bonds. The molecule has 108 valence electrons. The topological polar surface area (TPSA) is 58.7 Å². The second-order valence-corrected chi connectivity index (χ2v) is 6.63. The number of aromatic nitrogens is 2. The molecule has 0 saturated heterocycles. The zero-order valence-electron chi connectivity index (χ0n) is 11.8. The number of hydrogen-bond donors (Lipinski definition) is 0. The Labute approximate surface area is 131 Å². The monoisotopic (exact) mass is 307 g/mol. The Kier molecular flexibility index (Phi) is 3.05. The van der Waals surface area contributed by atoms with Gasteiger partial charge in [-0.25, -0.2) is 0 Å². The largest absolute Gasteiger partial charge is 0.308 e. The molecular formula is C17H13N3OS. The van der Waals surface area contributed by atoms with Crippen LogP contribution in [-0.4, -0.2) is 9.55 Å². The average Bonchev–Trinajstić information content (AvgIpc) is 3.31. The quantitative estimate of drug-likeness (QED) is 0.745. The van der Waals surface area contributed by atoms with Crippen molar-refractivity contribution in [2.75, 3.05) is 0 Å². The number of pyridine rings is 1. The molecule has 2 aromatic heterocycles. The fourth-order valence-corrected chi connectivity index (χ4v) is 3.63. The number of fused-ring (bicyclic) bond motifs is 1. The average molecular weight is 307 g/mol. The van der Waals surface area contributed by atoms with Gasteiger partial charge in [0, 0.05) is 24.5 Å². The van der Waals surface area contributed by atoms with E-state index in [0.717, 1.165) is 27.9 Å². The first kappa shape index (κ1) is 13.2. The molecule has 2 heterocycles. The normalized spacial score (nSPS) is 14.1. The van der Waals surface area contributed by atoms with Gasteiger partial charge in [-0.3, -0.25) is 14.3 Å². The second kappa shape index (κ2) is 5.08.